The Labute approximate surface area is 85.4 Å². The van der Waals surface area contributed by atoms with Crippen LogP contribution in [0.5, 0.6) is 0 Å². The van der Waals surface area contributed by atoms with Crippen molar-refractivity contribution >= 4 is 17.3 Å². The highest BCUT2D eigenvalue weighted by molar-refractivity contribution is 7.08. The lowest BCUT2D eigenvalue weighted by atomic mass is 10.2. The second kappa shape index (κ2) is 3.34. The molecule has 2 rings (SSSR count). The van der Waals surface area contributed by atoms with Crippen LogP contribution in [0.1, 0.15) is 21.1 Å². The molecule has 0 fully saturated rings. The minimum absolute atomic E-state index is 0.0591. The van der Waals surface area contributed by atoms with Crippen LogP contribution in [0.2, 0.25) is 0 Å². The van der Waals surface area contributed by atoms with Gasteiger partial charge in [0.15, 0.2) is 0 Å². The van der Waals surface area contributed by atoms with E-state index in [2.05, 4.69) is 9.47 Å². The van der Waals surface area contributed by atoms with Gasteiger partial charge in [-0.05, 0) is 30.6 Å². The third-order valence-electron chi connectivity index (χ3n) is 1.80. The third kappa shape index (κ3) is 1.58. The SMILES string of the molecule is Cc1cc(C(=O)c2ccn(C)n2)sn1. The van der Waals surface area contributed by atoms with Gasteiger partial charge in [0.1, 0.15) is 5.69 Å². The molecule has 0 bridgehead atoms. The van der Waals surface area contributed by atoms with Crippen LogP contribution in [0.15, 0.2) is 18.3 Å². The van der Waals surface area contributed by atoms with Crippen LogP contribution >= 0.6 is 11.5 Å². The molecule has 0 amide bonds. The van der Waals surface area contributed by atoms with E-state index in [0.717, 1.165) is 5.69 Å². The molecule has 2 heterocycles. The van der Waals surface area contributed by atoms with E-state index in [1.165, 1.54) is 11.5 Å². The zero-order valence-corrected chi connectivity index (χ0v) is 8.71. The molecule has 0 spiro atoms. The molecule has 0 aliphatic rings. The minimum atomic E-state index is -0.0591. The second-order valence-corrected chi connectivity index (χ2v) is 3.84. The Morgan fingerprint density at radius 1 is 1.57 bits per heavy atom. The fourth-order valence-electron chi connectivity index (χ4n) is 1.13. The molecule has 2 aromatic heterocycles. The first-order chi connectivity index (χ1) is 6.66. The fraction of sp³-hybridized carbons (Fsp3) is 0.222. The van der Waals surface area contributed by atoms with Crippen LogP contribution in [0.25, 0.3) is 0 Å². The minimum Gasteiger partial charge on any atom is -0.286 e. The summed E-state index contributed by atoms with van der Waals surface area (Å²) >= 11 is 1.21. The van der Waals surface area contributed by atoms with Crippen molar-refractivity contribution in [3.8, 4) is 0 Å². The van der Waals surface area contributed by atoms with Gasteiger partial charge in [-0.15, -0.1) is 0 Å². The number of rotatable bonds is 2. The fourth-order valence-corrected chi connectivity index (χ4v) is 1.84. The Morgan fingerprint density at radius 2 is 2.36 bits per heavy atom. The number of aryl methyl sites for hydroxylation is 2. The van der Waals surface area contributed by atoms with Gasteiger partial charge in [-0.1, -0.05) is 0 Å². The number of aromatic nitrogens is 3. The van der Waals surface area contributed by atoms with E-state index in [0.29, 0.717) is 10.6 Å². The van der Waals surface area contributed by atoms with Crippen LogP contribution in [0, 0.1) is 6.92 Å². The van der Waals surface area contributed by atoms with E-state index in [1.807, 2.05) is 6.92 Å². The molecule has 0 aliphatic heterocycles. The van der Waals surface area contributed by atoms with Crippen LogP contribution in [-0.4, -0.2) is 19.9 Å². The Morgan fingerprint density at radius 3 is 2.86 bits per heavy atom. The smallest absolute Gasteiger partial charge is 0.224 e. The van der Waals surface area contributed by atoms with Gasteiger partial charge in [0.25, 0.3) is 0 Å². The highest BCUT2D eigenvalue weighted by Crippen LogP contribution is 2.13. The topological polar surface area (TPSA) is 47.8 Å². The number of nitrogens with zero attached hydrogens (tertiary/aromatic N) is 3. The summed E-state index contributed by atoms with van der Waals surface area (Å²) < 4.78 is 5.67. The molecule has 0 aromatic carbocycles. The molecule has 0 radical (unpaired) electrons. The van der Waals surface area contributed by atoms with Crippen LogP contribution in [-0.2, 0) is 7.05 Å². The van der Waals surface area contributed by atoms with Crippen molar-refractivity contribution in [2.75, 3.05) is 0 Å². The van der Waals surface area contributed by atoms with Gasteiger partial charge in [-0.25, -0.2) is 0 Å². The van der Waals surface area contributed by atoms with Crippen LogP contribution < -0.4 is 0 Å². The molecule has 0 atom stereocenters. The number of carbonyl (C=O) groups is 1. The van der Waals surface area contributed by atoms with Crippen molar-refractivity contribution in [3.63, 3.8) is 0 Å². The molecule has 0 N–H and O–H groups in total. The van der Waals surface area contributed by atoms with E-state index >= 15 is 0 Å². The third-order valence-corrected chi connectivity index (χ3v) is 2.68. The standard InChI is InChI=1S/C9H9N3OS/c1-6-5-8(14-11-6)9(13)7-3-4-12(2)10-7/h3-5H,1-2H3. The average molecular weight is 207 g/mol. The summed E-state index contributed by atoms with van der Waals surface area (Å²) in [5.74, 6) is -0.0591. The van der Waals surface area contributed by atoms with Crippen molar-refractivity contribution in [3.05, 3.63) is 34.6 Å². The maximum absolute atomic E-state index is 11.8. The van der Waals surface area contributed by atoms with Crippen LogP contribution in [0.3, 0.4) is 0 Å². The Kier molecular flexibility index (Phi) is 2.17. The van der Waals surface area contributed by atoms with E-state index < -0.39 is 0 Å². The predicted molar refractivity (Wildman–Crippen MR) is 53.5 cm³/mol. The highest BCUT2D eigenvalue weighted by Gasteiger charge is 2.14. The number of hydrogen-bond donors (Lipinski definition) is 0. The molecule has 14 heavy (non-hydrogen) atoms. The van der Waals surface area contributed by atoms with Gasteiger partial charge >= 0.3 is 0 Å². The molecular formula is C9H9N3OS. The van der Waals surface area contributed by atoms with Gasteiger partial charge in [0.05, 0.1) is 10.6 Å². The normalized spacial score (nSPS) is 10.4. The molecule has 0 saturated carbocycles. The van der Waals surface area contributed by atoms with E-state index in [1.54, 1.807) is 30.1 Å². The van der Waals surface area contributed by atoms with E-state index in [-0.39, 0.29) is 5.78 Å². The van der Waals surface area contributed by atoms with Crippen molar-refractivity contribution in [1.82, 2.24) is 14.2 Å². The average Bonchev–Trinajstić information content (AvgIpc) is 2.73. The van der Waals surface area contributed by atoms with Gasteiger partial charge in [0, 0.05) is 13.2 Å². The van der Waals surface area contributed by atoms with Gasteiger partial charge in [-0.2, -0.15) is 9.47 Å². The zero-order valence-electron chi connectivity index (χ0n) is 7.89. The Bertz CT molecular complexity index is 430. The molecule has 0 saturated heterocycles. The summed E-state index contributed by atoms with van der Waals surface area (Å²) in [5.41, 5.74) is 1.34. The summed E-state index contributed by atoms with van der Waals surface area (Å²) in [5, 5.41) is 4.04. The maximum Gasteiger partial charge on any atom is 0.224 e. The molecule has 0 unspecified atom stereocenters. The largest absolute Gasteiger partial charge is 0.286 e. The number of carbonyl (C=O) groups excluding carboxylic acids is 1. The van der Waals surface area contributed by atoms with Gasteiger partial charge < -0.3 is 0 Å². The van der Waals surface area contributed by atoms with Crippen molar-refractivity contribution < 1.29 is 4.79 Å². The Hall–Kier alpha value is -1.49. The van der Waals surface area contributed by atoms with E-state index in [9.17, 15) is 4.79 Å². The quantitative estimate of drug-likeness (QED) is 0.700. The highest BCUT2D eigenvalue weighted by atomic mass is 32.1. The van der Waals surface area contributed by atoms with E-state index in [4.69, 9.17) is 0 Å². The maximum atomic E-state index is 11.8. The second-order valence-electron chi connectivity index (χ2n) is 3.04. The summed E-state index contributed by atoms with van der Waals surface area (Å²) in [6.07, 6.45) is 1.75. The number of ketones is 1. The first-order valence-corrected chi connectivity index (χ1v) is 4.92. The predicted octanol–water partition coefficient (Wildman–Crippen LogP) is 1.42. The molecule has 2 aromatic rings. The van der Waals surface area contributed by atoms with Gasteiger partial charge in [-0.3, -0.25) is 9.48 Å². The summed E-state index contributed by atoms with van der Waals surface area (Å²) in [7, 11) is 1.79. The lowest BCUT2D eigenvalue weighted by Crippen LogP contribution is -2.00. The molecule has 5 heteroatoms. The summed E-state index contributed by atoms with van der Waals surface area (Å²) in [6, 6.07) is 3.49. The number of hydrogen-bond acceptors (Lipinski definition) is 4. The summed E-state index contributed by atoms with van der Waals surface area (Å²) in [6.45, 7) is 1.87. The molecule has 4 nitrogen and oxygen atoms in total. The van der Waals surface area contributed by atoms with Crippen molar-refractivity contribution in [2.45, 2.75) is 6.92 Å². The zero-order chi connectivity index (χ0) is 10.1. The van der Waals surface area contributed by atoms with Crippen molar-refractivity contribution in [2.24, 2.45) is 7.05 Å². The van der Waals surface area contributed by atoms with Crippen LogP contribution in [0.4, 0.5) is 0 Å². The molecular weight excluding hydrogens is 198 g/mol. The summed E-state index contributed by atoms with van der Waals surface area (Å²) in [4.78, 5) is 12.4. The lowest BCUT2D eigenvalue weighted by molar-refractivity contribution is 0.103. The first kappa shape index (κ1) is 9.08. The molecule has 0 aliphatic carbocycles. The Balaban J connectivity index is 2.33. The first-order valence-electron chi connectivity index (χ1n) is 4.14. The molecule has 72 valence electrons. The van der Waals surface area contributed by atoms with Crippen molar-refractivity contribution in [1.29, 1.82) is 0 Å². The van der Waals surface area contributed by atoms with Gasteiger partial charge in [0.2, 0.25) is 5.78 Å². The lowest BCUT2D eigenvalue weighted by Gasteiger charge is -1.89. The monoisotopic (exact) mass is 207 g/mol.